The summed E-state index contributed by atoms with van der Waals surface area (Å²) in [5.41, 5.74) is 2.05. The Labute approximate surface area is 151 Å². The van der Waals surface area contributed by atoms with Gasteiger partial charge in [-0.3, -0.25) is 0 Å². The Morgan fingerprint density at radius 2 is 2.16 bits per heavy atom. The maximum atomic E-state index is 13.6. The molecule has 25 heavy (non-hydrogen) atoms. The fourth-order valence-electron chi connectivity index (χ4n) is 3.74. The standard InChI is InChI=1S/C20H21FN2OS/c1-24-18-9-8-16(21)11-15(18)13-23-10-4-5-14(12-23)20-22-17-6-2-3-7-19(17)25-20/h2-3,6-9,11,14H,4-5,10,12-13H2,1H3/p+1/t14-/m1/s1. The summed E-state index contributed by atoms with van der Waals surface area (Å²) in [6.45, 7) is 2.95. The summed E-state index contributed by atoms with van der Waals surface area (Å²) >= 11 is 1.81. The van der Waals surface area contributed by atoms with E-state index in [2.05, 4.69) is 18.2 Å². The van der Waals surface area contributed by atoms with Gasteiger partial charge < -0.3 is 9.64 Å². The predicted octanol–water partition coefficient (Wildman–Crippen LogP) is 3.41. The molecule has 0 bridgehead atoms. The fourth-order valence-corrected chi connectivity index (χ4v) is 4.84. The van der Waals surface area contributed by atoms with Crippen molar-refractivity contribution in [1.29, 1.82) is 0 Å². The van der Waals surface area contributed by atoms with Crippen molar-refractivity contribution >= 4 is 21.6 Å². The first-order valence-electron chi connectivity index (χ1n) is 8.74. The lowest BCUT2D eigenvalue weighted by Crippen LogP contribution is -3.12. The molecule has 2 heterocycles. The van der Waals surface area contributed by atoms with Gasteiger partial charge in [0, 0.05) is 0 Å². The molecule has 2 aromatic carbocycles. The molecule has 5 heteroatoms. The Hall–Kier alpha value is -1.98. The van der Waals surface area contributed by atoms with Crippen LogP contribution < -0.4 is 9.64 Å². The van der Waals surface area contributed by atoms with Crippen LogP contribution in [0.5, 0.6) is 5.75 Å². The number of para-hydroxylation sites is 1. The highest BCUT2D eigenvalue weighted by Gasteiger charge is 2.27. The highest BCUT2D eigenvalue weighted by molar-refractivity contribution is 7.18. The van der Waals surface area contributed by atoms with Crippen molar-refractivity contribution in [2.45, 2.75) is 25.3 Å². The molecule has 4 rings (SSSR count). The number of methoxy groups -OCH3 is 1. The minimum Gasteiger partial charge on any atom is -0.496 e. The van der Waals surface area contributed by atoms with E-state index >= 15 is 0 Å². The number of rotatable bonds is 4. The quantitative estimate of drug-likeness (QED) is 0.775. The number of ether oxygens (including phenoxy) is 1. The van der Waals surface area contributed by atoms with E-state index in [1.807, 2.05) is 17.4 Å². The summed E-state index contributed by atoms with van der Waals surface area (Å²) in [5.74, 6) is 1.06. The number of likely N-dealkylation sites (tertiary alicyclic amines) is 1. The van der Waals surface area contributed by atoms with Crippen molar-refractivity contribution < 1.29 is 14.0 Å². The second-order valence-corrected chi connectivity index (χ2v) is 7.76. The fraction of sp³-hybridized carbons (Fsp3) is 0.350. The molecule has 3 nitrogen and oxygen atoms in total. The van der Waals surface area contributed by atoms with Crippen LogP contribution in [0.15, 0.2) is 42.5 Å². The predicted molar refractivity (Wildman–Crippen MR) is 98.9 cm³/mol. The molecule has 1 fully saturated rings. The topological polar surface area (TPSA) is 26.6 Å². The van der Waals surface area contributed by atoms with Crippen LogP contribution in [0.1, 0.15) is 29.3 Å². The highest BCUT2D eigenvalue weighted by Crippen LogP contribution is 2.30. The van der Waals surface area contributed by atoms with Crippen LogP contribution in [0.25, 0.3) is 10.2 Å². The first-order valence-corrected chi connectivity index (χ1v) is 9.56. The zero-order valence-electron chi connectivity index (χ0n) is 14.3. The van der Waals surface area contributed by atoms with E-state index in [1.54, 1.807) is 19.2 Å². The lowest BCUT2D eigenvalue weighted by Gasteiger charge is -2.29. The van der Waals surface area contributed by atoms with E-state index in [0.717, 1.165) is 36.5 Å². The summed E-state index contributed by atoms with van der Waals surface area (Å²) in [6.07, 6.45) is 2.36. The number of thiazole rings is 1. The Bertz CT molecular complexity index is 846. The van der Waals surface area contributed by atoms with Gasteiger partial charge in [0.2, 0.25) is 0 Å². The van der Waals surface area contributed by atoms with Crippen LogP contribution in [0, 0.1) is 5.82 Å². The number of nitrogens with one attached hydrogen (secondary N) is 1. The summed E-state index contributed by atoms with van der Waals surface area (Å²) in [7, 11) is 1.65. The molecule has 3 aromatic rings. The van der Waals surface area contributed by atoms with Gasteiger partial charge >= 0.3 is 0 Å². The third-order valence-corrected chi connectivity index (χ3v) is 6.16. The monoisotopic (exact) mass is 357 g/mol. The van der Waals surface area contributed by atoms with Crippen molar-refractivity contribution in [3.05, 3.63) is 58.9 Å². The molecular weight excluding hydrogens is 335 g/mol. The molecule has 1 aromatic heterocycles. The van der Waals surface area contributed by atoms with E-state index in [4.69, 9.17) is 9.72 Å². The van der Waals surface area contributed by atoms with Gasteiger partial charge in [-0.15, -0.1) is 11.3 Å². The van der Waals surface area contributed by atoms with Crippen molar-refractivity contribution in [3.8, 4) is 5.75 Å². The van der Waals surface area contributed by atoms with E-state index in [-0.39, 0.29) is 5.82 Å². The normalized spacial score (nSPS) is 20.7. The number of halogens is 1. The number of fused-ring (bicyclic) bond motifs is 1. The van der Waals surface area contributed by atoms with Crippen molar-refractivity contribution in [3.63, 3.8) is 0 Å². The number of nitrogens with zero attached hydrogens (tertiary/aromatic N) is 1. The lowest BCUT2D eigenvalue weighted by atomic mass is 9.98. The van der Waals surface area contributed by atoms with E-state index in [9.17, 15) is 4.39 Å². The smallest absolute Gasteiger partial charge is 0.127 e. The molecule has 1 N–H and O–H groups in total. The SMILES string of the molecule is COc1ccc(F)cc1C[NH+]1CCC[C@@H](c2nc3ccccc3s2)C1. The maximum absolute atomic E-state index is 13.6. The van der Waals surface area contributed by atoms with E-state index in [1.165, 1.54) is 33.5 Å². The van der Waals surface area contributed by atoms with Crippen LogP contribution in [-0.2, 0) is 6.54 Å². The van der Waals surface area contributed by atoms with Gasteiger partial charge in [-0.25, -0.2) is 9.37 Å². The van der Waals surface area contributed by atoms with Gasteiger partial charge in [-0.1, -0.05) is 12.1 Å². The molecule has 130 valence electrons. The van der Waals surface area contributed by atoms with Gasteiger partial charge in [-0.2, -0.15) is 0 Å². The molecule has 0 aliphatic carbocycles. The third kappa shape index (κ3) is 3.53. The third-order valence-electron chi connectivity index (χ3n) is 4.96. The molecular formula is C20H22FN2OS+. The van der Waals surface area contributed by atoms with Gasteiger partial charge in [0.1, 0.15) is 23.1 Å². The molecule has 1 aliphatic heterocycles. The minimum absolute atomic E-state index is 0.199. The second kappa shape index (κ2) is 7.10. The lowest BCUT2D eigenvalue weighted by molar-refractivity contribution is -0.920. The van der Waals surface area contributed by atoms with Gasteiger partial charge in [0.25, 0.3) is 0 Å². The molecule has 0 spiro atoms. The molecule has 1 unspecified atom stereocenters. The number of hydrogen-bond acceptors (Lipinski definition) is 3. The van der Waals surface area contributed by atoms with Gasteiger partial charge in [0.05, 0.1) is 41.9 Å². The van der Waals surface area contributed by atoms with Crippen molar-refractivity contribution in [1.82, 2.24) is 4.98 Å². The molecule has 2 atom stereocenters. The number of hydrogen-bond donors (Lipinski definition) is 1. The summed E-state index contributed by atoms with van der Waals surface area (Å²) in [4.78, 5) is 6.32. The van der Waals surface area contributed by atoms with Crippen molar-refractivity contribution in [2.75, 3.05) is 20.2 Å². The number of piperidine rings is 1. The maximum Gasteiger partial charge on any atom is 0.127 e. The Morgan fingerprint density at radius 3 is 3.00 bits per heavy atom. The molecule has 1 aliphatic rings. The van der Waals surface area contributed by atoms with Crippen LogP contribution in [0.4, 0.5) is 4.39 Å². The van der Waals surface area contributed by atoms with Crippen molar-refractivity contribution in [2.24, 2.45) is 0 Å². The average molecular weight is 357 g/mol. The molecule has 0 radical (unpaired) electrons. The summed E-state index contributed by atoms with van der Waals surface area (Å²) in [5, 5.41) is 1.24. The number of aromatic nitrogens is 1. The number of quaternary nitrogens is 1. The molecule has 0 amide bonds. The van der Waals surface area contributed by atoms with Gasteiger partial charge in [-0.05, 0) is 43.2 Å². The Kier molecular flexibility index (Phi) is 4.68. The summed E-state index contributed by atoms with van der Waals surface area (Å²) in [6, 6.07) is 13.1. The highest BCUT2D eigenvalue weighted by atomic mass is 32.1. The average Bonchev–Trinajstić information content (AvgIpc) is 3.06. The Balaban J connectivity index is 1.52. The Morgan fingerprint density at radius 1 is 1.28 bits per heavy atom. The zero-order valence-corrected chi connectivity index (χ0v) is 15.1. The molecule has 0 saturated carbocycles. The van der Waals surface area contributed by atoms with Crippen LogP contribution in [-0.4, -0.2) is 25.2 Å². The zero-order chi connectivity index (χ0) is 17.2. The number of benzene rings is 2. The second-order valence-electron chi connectivity index (χ2n) is 6.70. The summed E-state index contributed by atoms with van der Waals surface area (Å²) < 4.78 is 20.3. The first-order chi connectivity index (χ1) is 12.2. The van der Waals surface area contributed by atoms with E-state index < -0.39 is 0 Å². The largest absolute Gasteiger partial charge is 0.496 e. The van der Waals surface area contributed by atoms with Crippen LogP contribution in [0.3, 0.4) is 0 Å². The first kappa shape index (κ1) is 16.5. The van der Waals surface area contributed by atoms with Gasteiger partial charge in [0.15, 0.2) is 0 Å². The molecule has 1 saturated heterocycles. The van der Waals surface area contributed by atoms with E-state index in [0.29, 0.717) is 5.92 Å². The minimum atomic E-state index is -0.199. The van der Waals surface area contributed by atoms with Crippen LogP contribution in [0.2, 0.25) is 0 Å². The van der Waals surface area contributed by atoms with Crippen LogP contribution >= 0.6 is 11.3 Å².